The molecule has 96 valence electrons. The molecule has 0 atom stereocenters. The van der Waals surface area contributed by atoms with Crippen molar-refractivity contribution in [2.75, 3.05) is 0 Å². The lowest BCUT2D eigenvalue weighted by Gasteiger charge is -2.19. The van der Waals surface area contributed by atoms with E-state index in [9.17, 15) is 4.79 Å². The topological polar surface area (TPSA) is 44.1 Å². The van der Waals surface area contributed by atoms with Crippen LogP contribution in [0.2, 0.25) is 0 Å². The fourth-order valence-corrected chi connectivity index (χ4v) is 1.91. The normalized spacial score (nSPS) is 11.8. The van der Waals surface area contributed by atoms with Crippen molar-refractivity contribution in [1.29, 1.82) is 0 Å². The zero-order chi connectivity index (χ0) is 13.3. The van der Waals surface area contributed by atoms with Crippen molar-refractivity contribution >= 4 is 16.9 Å². The Morgan fingerprint density at radius 1 is 1.33 bits per heavy atom. The monoisotopic (exact) mass is 246 g/mol. The number of para-hydroxylation sites is 1. The minimum atomic E-state index is -0.463. The van der Waals surface area contributed by atoms with E-state index < -0.39 is 5.60 Å². The van der Waals surface area contributed by atoms with E-state index in [1.54, 1.807) is 4.68 Å². The summed E-state index contributed by atoms with van der Waals surface area (Å²) in [6.07, 6.45) is 0. The molecule has 1 aromatic carbocycles. The fraction of sp³-hybridized carbons (Fsp3) is 0.429. The van der Waals surface area contributed by atoms with Gasteiger partial charge in [-0.2, -0.15) is 5.10 Å². The number of aromatic nitrogens is 2. The number of hydrogen-bond donors (Lipinski definition) is 0. The van der Waals surface area contributed by atoms with Crippen LogP contribution in [0.15, 0.2) is 24.3 Å². The van der Waals surface area contributed by atoms with E-state index in [4.69, 9.17) is 4.74 Å². The van der Waals surface area contributed by atoms with Gasteiger partial charge in [-0.15, -0.1) is 0 Å². The van der Waals surface area contributed by atoms with Gasteiger partial charge in [0.1, 0.15) is 12.1 Å². The molecule has 4 heteroatoms. The van der Waals surface area contributed by atoms with Gasteiger partial charge >= 0.3 is 5.97 Å². The van der Waals surface area contributed by atoms with E-state index >= 15 is 0 Å². The molecule has 0 bridgehead atoms. The average Bonchev–Trinajstić information content (AvgIpc) is 2.54. The molecule has 2 aromatic rings. The third-order valence-corrected chi connectivity index (χ3v) is 2.54. The number of ether oxygens (including phenoxy) is 1. The Hall–Kier alpha value is -1.84. The van der Waals surface area contributed by atoms with Crippen molar-refractivity contribution in [3.63, 3.8) is 0 Å². The number of carbonyl (C=O) groups is 1. The maximum absolute atomic E-state index is 11.8. The van der Waals surface area contributed by atoms with Gasteiger partial charge in [0.25, 0.3) is 0 Å². The molecule has 18 heavy (non-hydrogen) atoms. The Labute approximate surface area is 107 Å². The van der Waals surface area contributed by atoms with E-state index in [0.29, 0.717) is 0 Å². The van der Waals surface area contributed by atoms with E-state index in [1.807, 2.05) is 52.0 Å². The Balaban J connectivity index is 2.25. The highest BCUT2D eigenvalue weighted by molar-refractivity contribution is 5.83. The molecule has 2 rings (SSSR count). The minimum Gasteiger partial charge on any atom is -0.459 e. The summed E-state index contributed by atoms with van der Waals surface area (Å²) in [7, 11) is 0. The van der Waals surface area contributed by atoms with Crippen molar-refractivity contribution in [3.8, 4) is 0 Å². The van der Waals surface area contributed by atoms with Crippen LogP contribution >= 0.6 is 0 Å². The molecule has 0 N–H and O–H groups in total. The van der Waals surface area contributed by atoms with Gasteiger partial charge in [-0.05, 0) is 33.8 Å². The first kappa shape index (κ1) is 12.6. The van der Waals surface area contributed by atoms with Crippen LogP contribution in [0.5, 0.6) is 0 Å². The van der Waals surface area contributed by atoms with Gasteiger partial charge in [0.05, 0.1) is 11.2 Å². The summed E-state index contributed by atoms with van der Waals surface area (Å²) in [4.78, 5) is 11.8. The summed E-state index contributed by atoms with van der Waals surface area (Å²) in [6.45, 7) is 7.66. The third kappa shape index (κ3) is 2.70. The molecule has 1 heterocycles. The number of hydrogen-bond acceptors (Lipinski definition) is 3. The molecule has 4 nitrogen and oxygen atoms in total. The summed E-state index contributed by atoms with van der Waals surface area (Å²) in [5.74, 6) is -0.268. The van der Waals surface area contributed by atoms with Crippen molar-refractivity contribution in [1.82, 2.24) is 9.78 Å². The first-order chi connectivity index (χ1) is 8.37. The van der Waals surface area contributed by atoms with E-state index in [2.05, 4.69) is 5.10 Å². The summed E-state index contributed by atoms with van der Waals surface area (Å²) < 4.78 is 6.99. The Morgan fingerprint density at radius 3 is 2.67 bits per heavy atom. The number of aryl methyl sites for hydroxylation is 1. The van der Waals surface area contributed by atoms with Crippen molar-refractivity contribution in [2.45, 2.75) is 39.8 Å². The minimum absolute atomic E-state index is 0.144. The van der Waals surface area contributed by atoms with Crippen LogP contribution < -0.4 is 0 Å². The SMILES string of the molecule is Cc1nn(CC(=O)OC(C)(C)C)c2ccccc12. The molecule has 0 unspecified atom stereocenters. The standard InChI is InChI=1S/C14H18N2O2/c1-10-11-7-5-6-8-12(11)16(15-10)9-13(17)18-14(2,3)4/h5-8H,9H2,1-4H3. The van der Waals surface area contributed by atoms with Gasteiger partial charge in [0, 0.05) is 5.39 Å². The first-order valence-electron chi connectivity index (χ1n) is 6.01. The molecular formula is C14H18N2O2. The van der Waals surface area contributed by atoms with E-state index in [0.717, 1.165) is 16.6 Å². The summed E-state index contributed by atoms with van der Waals surface area (Å²) in [6, 6.07) is 7.87. The predicted molar refractivity (Wildman–Crippen MR) is 70.3 cm³/mol. The highest BCUT2D eigenvalue weighted by Crippen LogP contribution is 2.17. The second kappa shape index (κ2) is 4.44. The van der Waals surface area contributed by atoms with Crippen LogP contribution in [-0.2, 0) is 16.1 Å². The molecule has 0 spiro atoms. The lowest BCUT2D eigenvalue weighted by molar-refractivity contribution is -0.155. The molecule has 0 fully saturated rings. The lowest BCUT2D eigenvalue weighted by atomic mass is 10.2. The van der Waals surface area contributed by atoms with Gasteiger partial charge in [-0.1, -0.05) is 18.2 Å². The molecular weight excluding hydrogens is 228 g/mol. The van der Waals surface area contributed by atoms with Crippen LogP contribution in [0.3, 0.4) is 0 Å². The zero-order valence-electron chi connectivity index (χ0n) is 11.2. The molecule has 0 radical (unpaired) electrons. The van der Waals surface area contributed by atoms with Crippen LogP contribution in [0, 0.1) is 6.92 Å². The summed E-state index contributed by atoms with van der Waals surface area (Å²) in [5, 5.41) is 5.45. The molecule has 1 aromatic heterocycles. The van der Waals surface area contributed by atoms with Crippen molar-refractivity contribution < 1.29 is 9.53 Å². The number of benzene rings is 1. The highest BCUT2D eigenvalue weighted by atomic mass is 16.6. The Morgan fingerprint density at radius 2 is 2.00 bits per heavy atom. The number of esters is 1. The van der Waals surface area contributed by atoms with Gasteiger partial charge in [-0.25, -0.2) is 0 Å². The number of rotatable bonds is 2. The number of fused-ring (bicyclic) bond motifs is 1. The van der Waals surface area contributed by atoms with Crippen LogP contribution in [0.1, 0.15) is 26.5 Å². The van der Waals surface area contributed by atoms with Crippen LogP contribution in [-0.4, -0.2) is 21.4 Å². The van der Waals surface area contributed by atoms with Gasteiger partial charge < -0.3 is 4.74 Å². The summed E-state index contributed by atoms with van der Waals surface area (Å²) in [5.41, 5.74) is 1.42. The Kier molecular flexibility index (Phi) is 3.11. The maximum Gasteiger partial charge on any atom is 0.328 e. The van der Waals surface area contributed by atoms with Crippen LogP contribution in [0.4, 0.5) is 0 Å². The Bertz CT molecular complexity index is 579. The van der Waals surface area contributed by atoms with E-state index in [-0.39, 0.29) is 12.5 Å². The van der Waals surface area contributed by atoms with Gasteiger partial charge in [-0.3, -0.25) is 9.48 Å². The third-order valence-electron chi connectivity index (χ3n) is 2.54. The van der Waals surface area contributed by atoms with Gasteiger partial charge in [0.15, 0.2) is 0 Å². The highest BCUT2D eigenvalue weighted by Gasteiger charge is 2.18. The molecule has 0 saturated heterocycles. The van der Waals surface area contributed by atoms with Crippen molar-refractivity contribution in [3.05, 3.63) is 30.0 Å². The van der Waals surface area contributed by atoms with E-state index in [1.165, 1.54) is 0 Å². The van der Waals surface area contributed by atoms with Crippen molar-refractivity contribution in [2.24, 2.45) is 0 Å². The molecule has 0 aliphatic carbocycles. The van der Waals surface area contributed by atoms with Crippen LogP contribution in [0.25, 0.3) is 10.9 Å². The largest absolute Gasteiger partial charge is 0.459 e. The zero-order valence-corrected chi connectivity index (χ0v) is 11.2. The maximum atomic E-state index is 11.8. The quantitative estimate of drug-likeness (QED) is 0.765. The number of nitrogens with zero attached hydrogens (tertiary/aromatic N) is 2. The molecule has 0 aliphatic heterocycles. The molecule has 0 aliphatic rings. The smallest absolute Gasteiger partial charge is 0.328 e. The first-order valence-corrected chi connectivity index (χ1v) is 6.01. The van der Waals surface area contributed by atoms with Gasteiger partial charge in [0.2, 0.25) is 0 Å². The number of carbonyl (C=O) groups excluding carboxylic acids is 1. The average molecular weight is 246 g/mol. The molecule has 0 amide bonds. The summed E-state index contributed by atoms with van der Waals surface area (Å²) >= 11 is 0. The molecule has 0 saturated carbocycles. The lowest BCUT2D eigenvalue weighted by Crippen LogP contribution is -2.26. The predicted octanol–water partition coefficient (Wildman–Crippen LogP) is 2.69. The second-order valence-electron chi connectivity index (χ2n) is 5.35. The fourth-order valence-electron chi connectivity index (χ4n) is 1.91. The second-order valence-corrected chi connectivity index (χ2v) is 5.35.